The molecule has 0 N–H and O–H groups in total. The van der Waals surface area contributed by atoms with E-state index in [2.05, 4.69) is 13.8 Å². The summed E-state index contributed by atoms with van der Waals surface area (Å²) in [5.74, 6) is 1.29. The molecule has 5 heteroatoms. The summed E-state index contributed by atoms with van der Waals surface area (Å²) in [6.07, 6.45) is 3.27. The second-order valence-electron chi connectivity index (χ2n) is 8.24. The van der Waals surface area contributed by atoms with Crippen LogP contribution in [0.2, 0.25) is 0 Å². The van der Waals surface area contributed by atoms with Crippen molar-refractivity contribution in [3.05, 3.63) is 41.2 Å². The summed E-state index contributed by atoms with van der Waals surface area (Å²) in [6, 6.07) is 5.62. The molecular formula is C22H30FNO3. The van der Waals surface area contributed by atoms with Crippen molar-refractivity contribution in [2.75, 3.05) is 32.9 Å². The van der Waals surface area contributed by atoms with E-state index in [4.69, 9.17) is 9.47 Å². The Morgan fingerprint density at radius 2 is 2.11 bits per heavy atom. The Labute approximate surface area is 161 Å². The van der Waals surface area contributed by atoms with Crippen molar-refractivity contribution in [2.45, 2.75) is 45.4 Å². The van der Waals surface area contributed by atoms with Gasteiger partial charge in [0, 0.05) is 37.3 Å². The van der Waals surface area contributed by atoms with Gasteiger partial charge in [0.2, 0.25) is 0 Å². The van der Waals surface area contributed by atoms with Crippen molar-refractivity contribution in [2.24, 2.45) is 5.92 Å². The Morgan fingerprint density at radius 1 is 1.37 bits per heavy atom. The normalized spacial score (nSPS) is 20.5. The lowest BCUT2D eigenvalue weighted by atomic mass is 9.77. The van der Waals surface area contributed by atoms with E-state index in [1.807, 2.05) is 30.0 Å². The molecule has 3 rings (SSSR count). The average molecular weight is 375 g/mol. The highest BCUT2D eigenvalue weighted by atomic mass is 19.1. The van der Waals surface area contributed by atoms with Crippen LogP contribution in [-0.2, 0) is 10.2 Å². The van der Waals surface area contributed by atoms with E-state index in [9.17, 15) is 9.18 Å². The summed E-state index contributed by atoms with van der Waals surface area (Å²) in [5, 5.41) is 0. The molecule has 2 heterocycles. The predicted molar refractivity (Wildman–Crippen MR) is 104 cm³/mol. The summed E-state index contributed by atoms with van der Waals surface area (Å²) in [6.45, 7) is 9.54. The van der Waals surface area contributed by atoms with Crippen molar-refractivity contribution in [1.82, 2.24) is 4.90 Å². The molecule has 27 heavy (non-hydrogen) atoms. The molecule has 0 aliphatic carbocycles. The summed E-state index contributed by atoms with van der Waals surface area (Å²) < 4.78 is 23.9. The van der Waals surface area contributed by atoms with Crippen molar-refractivity contribution in [1.29, 1.82) is 0 Å². The highest BCUT2D eigenvalue weighted by molar-refractivity contribution is 5.97. The summed E-state index contributed by atoms with van der Waals surface area (Å²) in [7, 11) is 0. The van der Waals surface area contributed by atoms with Crippen LogP contribution in [0.5, 0.6) is 5.75 Å². The number of amides is 1. The maximum atomic E-state index is 13.0. The molecule has 0 aromatic heterocycles. The van der Waals surface area contributed by atoms with Gasteiger partial charge in [0.25, 0.3) is 5.91 Å². The van der Waals surface area contributed by atoms with Crippen LogP contribution >= 0.6 is 0 Å². The minimum atomic E-state index is -0.155. The monoisotopic (exact) mass is 375 g/mol. The van der Waals surface area contributed by atoms with Crippen LogP contribution in [-0.4, -0.2) is 43.7 Å². The number of benzene rings is 1. The molecule has 1 aromatic carbocycles. The SMILES string of the molecule is CCC(=CF)COc1ccc2c(c1)C(C)(C)CN(CC1CCOCC1)C2=O. The molecule has 1 aromatic rings. The van der Waals surface area contributed by atoms with Gasteiger partial charge in [-0.3, -0.25) is 4.79 Å². The molecule has 4 nitrogen and oxygen atoms in total. The standard InChI is InChI=1S/C22H30FNO3/c1-4-16(12-23)14-27-18-5-6-19-20(11-18)22(2,3)15-24(21(19)25)13-17-7-9-26-10-8-17/h5-6,11-12,17H,4,7-10,13-15H2,1-3H3. The zero-order valence-corrected chi connectivity index (χ0v) is 16.6. The molecule has 1 fully saturated rings. The van der Waals surface area contributed by atoms with Crippen LogP contribution in [0.1, 0.15) is 56.0 Å². The van der Waals surface area contributed by atoms with Gasteiger partial charge in [0.05, 0.1) is 6.33 Å². The molecule has 148 valence electrons. The van der Waals surface area contributed by atoms with Crippen molar-refractivity contribution >= 4 is 5.91 Å². The van der Waals surface area contributed by atoms with E-state index in [1.54, 1.807) is 0 Å². The lowest BCUT2D eigenvalue weighted by Gasteiger charge is -2.41. The molecule has 1 amide bonds. The average Bonchev–Trinajstić information content (AvgIpc) is 2.67. The van der Waals surface area contributed by atoms with Crippen LogP contribution in [0.25, 0.3) is 0 Å². The second-order valence-corrected chi connectivity index (χ2v) is 8.24. The van der Waals surface area contributed by atoms with Gasteiger partial charge in [0.1, 0.15) is 12.4 Å². The quantitative estimate of drug-likeness (QED) is 0.735. The fourth-order valence-electron chi connectivity index (χ4n) is 3.94. The minimum absolute atomic E-state index is 0.0975. The number of hydrogen-bond donors (Lipinski definition) is 0. The zero-order valence-electron chi connectivity index (χ0n) is 16.6. The molecule has 1 saturated heterocycles. The minimum Gasteiger partial charge on any atom is -0.489 e. The summed E-state index contributed by atoms with van der Waals surface area (Å²) >= 11 is 0. The Kier molecular flexibility index (Phi) is 6.20. The van der Waals surface area contributed by atoms with E-state index in [0.717, 1.165) is 43.7 Å². The van der Waals surface area contributed by atoms with E-state index >= 15 is 0 Å². The number of fused-ring (bicyclic) bond motifs is 1. The van der Waals surface area contributed by atoms with Crippen LogP contribution < -0.4 is 4.74 Å². The summed E-state index contributed by atoms with van der Waals surface area (Å²) in [4.78, 5) is 15.0. The predicted octanol–water partition coefficient (Wildman–Crippen LogP) is 4.49. The van der Waals surface area contributed by atoms with Gasteiger partial charge in [-0.2, -0.15) is 0 Å². The Balaban J connectivity index is 1.77. The Bertz CT molecular complexity index is 708. The molecule has 2 aliphatic heterocycles. The number of carbonyl (C=O) groups excluding carboxylic acids is 1. The van der Waals surface area contributed by atoms with Gasteiger partial charge in [0.15, 0.2) is 0 Å². The van der Waals surface area contributed by atoms with Gasteiger partial charge in [-0.1, -0.05) is 20.8 Å². The molecule has 0 atom stereocenters. The van der Waals surface area contributed by atoms with Gasteiger partial charge in [-0.25, -0.2) is 4.39 Å². The van der Waals surface area contributed by atoms with Crippen LogP contribution in [0.4, 0.5) is 4.39 Å². The van der Waals surface area contributed by atoms with Gasteiger partial charge < -0.3 is 14.4 Å². The van der Waals surface area contributed by atoms with Crippen LogP contribution in [0.3, 0.4) is 0 Å². The third kappa shape index (κ3) is 4.52. The van der Waals surface area contributed by atoms with E-state index in [0.29, 0.717) is 36.5 Å². The zero-order chi connectivity index (χ0) is 19.4. The fourth-order valence-corrected chi connectivity index (χ4v) is 3.94. The third-order valence-electron chi connectivity index (χ3n) is 5.68. The lowest BCUT2D eigenvalue weighted by molar-refractivity contribution is 0.0406. The van der Waals surface area contributed by atoms with Gasteiger partial charge in [-0.15, -0.1) is 0 Å². The number of carbonyl (C=O) groups is 1. The van der Waals surface area contributed by atoms with Gasteiger partial charge in [-0.05, 0) is 54.5 Å². The number of halogens is 1. The third-order valence-corrected chi connectivity index (χ3v) is 5.68. The van der Waals surface area contributed by atoms with E-state index in [-0.39, 0.29) is 17.9 Å². The number of rotatable bonds is 6. The van der Waals surface area contributed by atoms with E-state index in [1.165, 1.54) is 0 Å². The number of ether oxygens (including phenoxy) is 2. The Morgan fingerprint density at radius 3 is 2.78 bits per heavy atom. The topological polar surface area (TPSA) is 38.8 Å². The fraction of sp³-hybridized carbons (Fsp3) is 0.591. The second kappa shape index (κ2) is 8.42. The maximum absolute atomic E-state index is 13.0. The van der Waals surface area contributed by atoms with Crippen LogP contribution in [0.15, 0.2) is 30.1 Å². The highest BCUT2D eigenvalue weighted by Gasteiger charge is 2.37. The first-order valence-corrected chi connectivity index (χ1v) is 9.87. The van der Waals surface area contributed by atoms with E-state index < -0.39 is 0 Å². The molecule has 0 saturated carbocycles. The van der Waals surface area contributed by atoms with Crippen LogP contribution in [0, 0.1) is 5.92 Å². The molecule has 0 bridgehead atoms. The molecule has 0 radical (unpaired) electrons. The molecular weight excluding hydrogens is 345 g/mol. The number of nitrogens with zero attached hydrogens (tertiary/aromatic N) is 1. The number of hydrogen-bond acceptors (Lipinski definition) is 3. The van der Waals surface area contributed by atoms with Crippen molar-refractivity contribution in [3.8, 4) is 5.75 Å². The van der Waals surface area contributed by atoms with Gasteiger partial charge >= 0.3 is 0 Å². The van der Waals surface area contributed by atoms with Crippen molar-refractivity contribution in [3.63, 3.8) is 0 Å². The summed E-state index contributed by atoms with van der Waals surface area (Å²) in [5.41, 5.74) is 2.22. The first kappa shape index (κ1) is 19.9. The lowest BCUT2D eigenvalue weighted by Crippen LogP contribution is -2.48. The largest absolute Gasteiger partial charge is 0.489 e. The maximum Gasteiger partial charge on any atom is 0.254 e. The molecule has 0 spiro atoms. The molecule has 2 aliphatic rings. The first-order chi connectivity index (χ1) is 12.9. The highest BCUT2D eigenvalue weighted by Crippen LogP contribution is 2.36. The first-order valence-electron chi connectivity index (χ1n) is 9.87. The molecule has 0 unspecified atom stereocenters. The Hall–Kier alpha value is -1.88. The smallest absolute Gasteiger partial charge is 0.254 e. The van der Waals surface area contributed by atoms with Crippen molar-refractivity contribution < 1.29 is 18.7 Å².